The van der Waals surface area contributed by atoms with Crippen LogP contribution in [0.1, 0.15) is 31.2 Å². The fourth-order valence-corrected chi connectivity index (χ4v) is 7.32. The van der Waals surface area contributed by atoms with Gasteiger partial charge in [-0.05, 0) is 66.1 Å². The van der Waals surface area contributed by atoms with Gasteiger partial charge in [0, 0.05) is 29.3 Å². The van der Waals surface area contributed by atoms with Crippen LogP contribution in [-0.4, -0.2) is 38.7 Å². The third-order valence-corrected chi connectivity index (χ3v) is 9.80. The van der Waals surface area contributed by atoms with Crippen LogP contribution in [0.4, 0.5) is 0 Å². The van der Waals surface area contributed by atoms with Gasteiger partial charge in [-0.1, -0.05) is 78.4 Å². The molecule has 2 fully saturated rings. The lowest BCUT2D eigenvalue weighted by Gasteiger charge is -2.39. The molecule has 2 aliphatic rings. The number of carbonyl (C=O) groups is 1. The van der Waals surface area contributed by atoms with E-state index < -0.39 is 16.0 Å². The van der Waals surface area contributed by atoms with Gasteiger partial charge in [0.25, 0.3) is 0 Å². The molecule has 0 aromatic heterocycles. The summed E-state index contributed by atoms with van der Waals surface area (Å²) >= 11 is 5.94. The van der Waals surface area contributed by atoms with Crippen molar-refractivity contribution in [1.82, 2.24) is 4.72 Å². The van der Waals surface area contributed by atoms with Gasteiger partial charge in [0.15, 0.2) is 0 Å². The highest BCUT2D eigenvalue weighted by Gasteiger charge is 2.59. The maximum absolute atomic E-state index is 13.0. The maximum atomic E-state index is 13.0. The van der Waals surface area contributed by atoms with E-state index >= 15 is 0 Å². The summed E-state index contributed by atoms with van der Waals surface area (Å²) in [5.41, 5.74) is 3.24. The van der Waals surface area contributed by atoms with Crippen molar-refractivity contribution < 1.29 is 23.1 Å². The Labute approximate surface area is 234 Å². The zero-order chi connectivity index (χ0) is 27.5. The first-order chi connectivity index (χ1) is 18.8. The van der Waals surface area contributed by atoms with Gasteiger partial charge in [-0.2, -0.15) is 0 Å². The summed E-state index contributed by atoms with van der Waals surface area (Å²) < 4.78 is 35.1. The van der Waals surface area contributed by atoms with Crippen molar-refractivity contribution in [2.24, 2.45) is 11.8 Å². The van der Waals surface area contributed by atoms with E-state index in [-0.39, 0.29) is 41.2 Å². The lowest BCUT2D eigenvalue weighted by molar-refractivity contribution is -0.136. The van der Waals surface area contributed by atoms with Gasteiger partial charge in [-0.15, -0.1) is 0 Å². The largest absolute Gasteiger partial charge is 0.481 e. The standard InChI is InChI=1S/C31H32ClNO5S/c32-25-15-17-26(18-16-25)39(36,37)33-20-27-28(9-5-2-6-10-30(34)35)31(19-29(27)38-21-31)24-13-11-23(12-14-24)22-7-3-1-4-8-22/h1-5,7-8,11-18,27-29,33H,6,9-10,19-21H2,(H,34,35)/b5-2-/t27-,28-,29?,31?/m0/s1. The molecule has 3 aromatic carbocycles. The molecule has 6 nitrogen and oxygen atoms in total. The van der Waals surface area contributed by atoms with Crippen molar-refractivity contribution in [2.75, 3.05) is 13.2 Å². The van der Waals surface area contributed by atoms with Crippen LogP contribution in [0.15, 0.2) is 95.9 Å². The lowest BCUT2D eigenvalue weighted by Crippen LogP contribution is -2.44. The molecule has 0 radical (unpaired) electrons. The first kappa shape index (κ1) is 27.6. The Kier molecular flexibility index (Phi) is 8.24. The van der Waals surface area contributed by atoms with Crippen molar-refractivity contribution in [1.29, 1.82) is 0 Å². The molecule has 2 unspecified atom stereocenters. The average molecular weight is 566 g/mol. The SMILES string of the molecule is O=C(O)CC/C=C\C[C@H]1[C@H](CNS(=O)(=O)c2ccc(Cl)cc2)C2CC1(c1ccc(-c3ccccc3)cc1)CO2. The van der Waals surface area contributed by atoms with Crippen LogP contribution >= 0.6 is 11.6 Å². The number of aliphatic carboxylic acids is 1. The molecule has 1 aliphatic heterocycles. The summed E-state index contributed by atoms with van der Waals surface area (Å²) in [6, 6.07) is 25.0. The molecule has 2 N–H and O–H groups in total. The summed E-state index contributed by atoms with van der Waals surface area (Å²) in [4.78, 5) is 11.1. The second-order valence-electron chi connectivity index (χ2n) is 10.4. The molecule has 8 heteroatoms. The molecule has 0 amide bonds. The second-order valence-corrected chi connectivity index (χ2v) is 12.6. The molecule has 1 saturated heterocycles. The summed E-state index contributed by atoms with van der Waals surface area (Å²) in [7, 11) is -3.71. The van der Waals surface area contributed by atoms with Gasteiger partial charge in [-0.3, -0.25) is 4.79 Å². The smallest absolute Gasteiger partial charge is 0.303 e. The van der Waals surface area contributed by atoms with Crippen LogP contribution < -0.4 is 4.72 Å². The Morgan fingerprint density at radius 2 is 1.69 bits per heavy atom. The first-order valence-corrected chi connectivity index (χ1v) is 15.0. The van der Waals surface area contributed by atoms with E-state index in [9.17, 15) is 13.2 Å². The number of nitrogens with one attached hydrogen (secondary N) is 1. The minimum absolute atomic E-state index is 0.0289. The molecule has 4 atom stereocenters. The number of sulfonamides is 1. The molecule has 204 valence electrons. The maximum Gasteiger partial charge on any atom is 0.303 e. The molecule has 1 heterocycles. The normalized spacial score (nSPS) is 24.4. The number of hydrogen-bond donors (Lipinski definition) is 2. The molecule has 1 aliphatic carbocycles. The van der Waals surface area contributed by atoms with E-state index in [1.807, 2.05) is 24.3 Å². The molecule has 1 saturated carbocycles. The number of carboxylic acid groups (broad SMARTS) is 1. The number of hydrogen-bond acceptors (Lipinski definition) is 4. The number of allylic oxidation sites excluding steroid dienone is 2. The topological polar surface area (TPSA) is 92.7 Å². The molecular weight excluding hydrogens is 534 g/mol. The Bertz CT molecular complexity index is 1420. The van der Waals surface area contributed by atoms with Crippen LogP contribution in [0.5, 0.6) is 0 Å². The van der Waals surface area contributed by atoms with E-state index in [0.717, 1.165) is 17.5 Å². The minimum Gasteiger partial charge on any atom is -0.481 e. The average Bonchev–Trinajstić information content (AvgIpc) is 3.51. The number of halogens is 1. The van der Waals surface area contributed by atoms with E-state index in [1.54, 1.807) is 12.1 Å². The van der Waals surface area contributed by atoms with Gasteiger partial charge < -0.3 is 9.84 Å². The van der Waals surface area contributed by atoms with Crippen molar-refractivity contribution >= 4 is 27.6 Å². The Hall–Kier alpha value is -2.97. The van der Waals surface area contributed by atoms with Crippen molar-refractivity contribution in [3.05, 3.63) is 102 Å². The quantitative estimate of drug-likeness (QED) is 0.275. The fraction of sp³-hybridized carbons (Fsp3) is 0.323. The first-order valence-electron chi connectivity index (χ1n) is 13.2. The molecule has 3 aromatic rings. The minimum atomic E-state index is -3.71. The Balaban J connectivity index is 1.39. The lowest BCUT2D eigenvalue weighted by atomic mass is 9.69. The predicted octanol–water partition coefficient (Wildman–Crippen LogP) is 6.07. The van der Waals surface area contributed by atoms with Gasteiger partial charge in [0.1, 0.15) is 0 Å². The summed E-state index contributed by atoms with van der Waals surface area (Å²) in [5.74, 6) is -0.719. The van der Waals surface area contributed by atoms with E-state index in [2.05, 4.69) is 47.2 Å². The third kappa shape index (κ3) is 5.97. The Morgan fingerprint density at radius 3 is 2.38 bits per heavy atom. The number of benzene rings is 3. The summed E-state index contributed by atoms with van der Waals surface area (Å²) in [5, 5.41) is 9.46. The summed E-state index contributed by atoms with van der Waals surface area (Å²) in [6.45, 7) is 0.837. The van der Waals surface area contributed by atoms with Gasteiger partial charge in [-0.25, -0.2) is 13.1 Å². The van der Waals surface area contributed by atoms with Crippen LogP contribution in [-0.2, 0) is 25.0 Å². The number of fused-ring (bicyclic) bond motifs is 2. The third-order valence-electron chi connectivity index (χ3n) is 8.11. The van der Waals surface area contributed by atoms with Crippen molar-refractivity contribution in [3.8, 4) is 11.1 Å². The zero-order valence-corrected chi connectivity index (χ0v) is 23.1. The van der Waals surface area contributed by atoms with Crippen LogP contribution in [0.25, 0.3) is 11.1 Å². The molecule has 2 bridgehead atoms. The van der Waals surface area contributed by atoms with Gasteiger partial charge in [0.05, 0.1) is 17.6 Å². The highest BCUT2D eigenvalue weighted by atomic mass is 35.5. The highest BCUT2D eigenvalue weighted by Crippen LogP contribution is 2.56. The number of ether oxygens (including phenoxy) is 1. The van der Waals surface area contributed by atoms with Crippen LogP contribution in [0.3, 0.4) is 0 Å². The highest BCUT2D eigenvalue weighted by molar-refractivity contribution is 7.89. The Morgan fingerprint density at radius 1 is 1.00 bits per heavy atom. The number of rotatable bonds is 11. The van der Waals surface area contributed by atoms with Crippen LogP contribution in [0.2, 0.25) is 5.02 Å². The molecule has 39 heavy (non-hydrogen) atoms. The second kappa shape index (κ2) is 11.6. The van der Waals surface area contributed by atoms with E-state index in [4.69, 9.17) is 21.4 Å². The molecular formula is C31H32ClNO5S. The number of carboxylic acids is 1. The van der Waals surface area contributed by atoms with Crippen molar-refractivity contribution in [3.63, 3.8) is 0 Å². The van der Waals surface area contributed by atoms with Crippen LogP contribution in [0, 0.1) is 11.8 Å². The monoisotopic (exact) mass is 565 g/mol. The summed E-state index contributed by atoms with van der Waals surface area (Å²) in [6.07, 6.45) is 5.99. The van der Waals surface area contributed by atoms with Gasteiger partial charge in [0.2, 0.25) is 10.0 Å². The molecule has 0 spiro atoms. The zero-order valence-electron chi connectivity index (χ0n) is 21.5. The molecule has 5 rings (SSSR count). The predicted molar refractivity (Wildman–Crippen MR) is 152 cm³/mol. The van der Waals surface area contributed by atoms with E-state index in [0.29, 0.717) is 24.5 Å². The fourth-order valence-electron chi connectivity index (χ4n) is 6.12. The van der Waals surface area contributed by atoms with Crippen molar-refractivity contribution in [2.45, 2.75) is 42.1 Å². The van der Waals surface area contributed by atoms with E-state index in [1.165, 1.54) is 17.7 Å². The van der Waals surface area contributed by atoms with Gasteiger partial charge >= 0.3 is 5.97 Å².